The van der Waals surface area contributed by atoms with Gasteiger partial charge in [0, 0.05) is 35.6 Å². The number of thioether (sulfide) groups is 1. The highest BCUT2D eigenvalue weighted by Gasteiger charge is 2.18. The monoisotopic (exact) mass is 487 g/mol. The van der Waals surface area contributed by atoms with E-state index in [4.69, 9.17) is 9.72 Å². The van der Waals surface area contributed by atoms with Crippen molar-refractivity contribution in [3.8, 4) is 0 Å². The van der Waals surface area contributed by atoms with Gasteiger partial charge in [-0.2, -0.15) is 0 Å². The Kier molecular flexibility index (Phi) is 9.93. The van der Waals surface area contributed by atoms with Crippen LogP contribution in [0.1, 0.15) is 25.8 Å². The molecule has 0 aliphatic heterocycles. The maximum absolute atomic E-state index is 5.23. The summed E-state index contributed by atoms with van der Waals surface area (Å²) in [5.74, 6) is 2.37. The van der Waals surface area contributed by atoms with E-state index >= 15 is 0 Å². The number of aromatic nitrogens is 2. The Morgan fingerprint density at radius 3 is 2.74 bits per heavy atom. The van der Waals surface area contributed by atoms with E-state index in [0.29, 0.717) is 12.4 Å². The van der Waals surface area contributed by atoms with Crippen molar-refractivity contribution in [3.63, 3.8) is 0 Å². The Balaban J connectivity index is 2.02. The molecule has 0 N–H and O–H groups in total. The van der Waals surface area contributed by atoms with Crippen molar-refractivity contribution in [1.82, 2.24) is 9.97 Å². The lowest BCUT2D eigenvalue weighted by molar-refractivity contribution is 0.407. The van der Waals surface area contributed by atoms with Crippen molar-refractivity contribution < 1.29 is 4.74 Å². The Hall–Kier alpha value is -3.58. The first-order valence-electron chi connectivity index (χ1n) is 11.5. The minimum absolute atomic E-state index is 0.457. The zero-order valence-electron chi connectivity index (χ0n) is 20.9. The van der Waals surface area contributed by atoms with E-state index < -0.39 is 0 Å². The van der Waals surface area contributed by atoms with Crippen molar-refractivity contribution in [2.24, 2.45) is 4.99 Å². The molecule has 1 aliphatic rings. The number of methoxy groups -OCH3 is 1. The van der Waals surface area contributed by atoms with Crippen LogP contribution in [-0.2, 0) is 11.3 Å². The molecule has 0 aromatic carbocycles. The maximum Gasteiger partial charge on any atom is 0.212 e. The van der Waals surface area contributed by atoms with Crippen LogP contribution in [0.15, 0.2) is 107 Å². The van der Waals surface area contributed by atoms with Crippen LogP contribution in [0.4, 0.5) is 11.5 Å². The van der Waals surface area contributed by atoms with Crippen LogP contribution in [0, 0.1) is 0 Å². The van der Waals surface area contributed by atoms with Gasteiger partial charge in [-0.25, -0.2) is 9.98 Å². The normalized spacial score (nSPS) is 14.1. The summed E-state index contributed by atoms with van der Waals surface area (Å²) in [5, 5.41) is 0. The smallest absolute Gasteiger partial charge is 0.212 e. The van der Waals surface area contributed by atoms with Gasteiger partial charge >= 0.3 is 0 Å². The fraction of sp³-hybridized carbons (Fsp3) is 0.250. The molecule has 182 valence electrons. The van der Waals surface area contributed by atoms with Crippen LogP contribution in [-0.4, -0.2) is 35.8 Å². The van der Waals surface area contributed by atoms with E-state index in [1.807, 2.05) is 49.3 Å². The lowest BCUT2D eigenvalue weighted by Crippen LogP contribution is -2.24. The van der Waals surface area contributed by atoms with E-state index in [0.717, 1.165) is 40.6 Å². The van der Waals surface area contributed by atoms with E-state index in [1.54, 1.807) is 25.6 Å². The van der Waals surface area contributed by atoms with Gasteiger partial charge in [0.25, 0.3) is 0 Å². The van der Waals surface area contributed by atoms with Gasteiger partial charge < -0.3 is 14.5 Å². The summed E-state index contributed by atoms with van der Waals surface area (Å²) in [6.45, 7) is 8.53. The third kappa shape index (κ3) is 6.96. The second-order valence-electron chi connectivity index (χ2n) is 7.71. The summed E-state index contributed by atoms with van der Waals surface area (Å²) in [7, 11) is 3.66. The highest BCUT2D eigenvalue weighted by atomic mass is 32.2. The molecule has 1 aliphatic carbocycles. The molecule has 2 heterocycles. The number of hydrogen-bond acceptors (Lipinski definition) is 7. The number of likely N-dealkylation sites (N-methyl/N-ethyl adjacent to an activating group) is 1. The molecule has 0 bridgehead atoms. The third-order valence-electron chi connectivity index (χ3n) is 5.39. The summed E-state index contributed by atoms with van der Waals surface area (Å²) in [6, 6.07) is 8.06. The number of anilines is 2. The van der Waals surface area contributed by atoms with Crippen LogP contribution in [0.5, 0.6) is 0 Å². The highest BCUT2D eigenvalue weighted by Crippen LogP contribution is 2.31. The highest BCUT2D eigenvalue weighted by molar-refractivity contribution is 8.03. The third-order valence-corrected chi connectivity index (χ3v) is 6.34. The molecule has 6 nitrogen and oxygen atoms in total. The van der Waals surface area contributed by atoms with E-state index in [2.05, 4.69) is 70.7 Å². The van der Waals surface area contributed by atoms with Gasteiger partial charge in [-0.1, -0.05) is 37.8 Å². The van der Waals surface area contributed by atoms with Gasteiger partial charge in [-0.05, 0) is 49.4 Å². The van der Waals surface area contributed by atoms with Gasteiger partial charge in [0.15, 0.2) is 0 Å². The molecule has 35 heavy (non-hydrogen) atoms. The number of hydrogen-bond donors (Lipinski definition) is 0. The second-order valence-corrected chi connectivity index (χ2v) is 9.02. The summed E-state index contributed by atoms with van der Waals surface area (Å²) in [6.07, 6.45) is 18.5. The first-order valence-corrected chi connectivity index (χ1v) is 12.5. The molecule has 3 rings (SSSR count). The van der Waals surface area contributed by atoms with Crippen LogP contribution >= 0.6 is 11.8 Å². The molecule has 0 atom stereocenters. The Labute approximate surface area is 213 Å². The fourth-order valence-corrected chi connectivity index (χ4v) is 4.50. The Morgan fingerprint density at radius 2 is 2.03 bits per heavy atom. The summed E-state index contributed by atoms with van der Waals surface area (Å²) >= 11 is 1.84. The molecular formula is C28H33N5OS. The molecule has 0 saturated carbocycles. The number of aliphatic imine (C=N–C) groups is 1. The minimum Gasteiger partial charge on any atom is -0.481 e. The first-order chi connectivity index (χ1) is 17.1. The molecule has 2 aromatic heterocycles. The van der Waals surface area contributed by atoms with Crippen LogP contribution < -0.4 is 9.80 Å². The van der Waals surface area contributed by atoms with Crippen molar-refractivity contribution in [3.05, 3.63) is 108 Å². The number of nitrogens with zero attached hydrogens (tertiary/aromatic N) is 5. The van der Waals surface area contributed by atoms with Crippen LogP contribution in [0.25, 0.3) is 0 Å². The van der Waals surface area contributed by atoms with Crippen molar-refractivity contribution in [2.45, 2.75) is 26.8 Å². The van der Waals surface area contributed by atoms with Gasteiger partial charge in [-0.3, -0.25) is 4.98 Å². The van der Waals surface area contributed by atoms with Crippen molar-refractivity contribution in [2.75, 3.05) is 29.7 Å². The number of ether oxygens (including phenoxy) is 1. The average molecular weight is 488 g/mol. The first kappa shape index (κ1) is 26.0. The average Bonchev–Trinajstić information content (AvgIpc) is 3.14. The zero-order chi connectivity index (χ0) is 25.0. The standard InChI is InChI=1S/C28H33N5OS/c1-6-27(34-5)31-19-22(3)33(24-14-12-17-29-20-24)21-23-13-11-18-30-28(23)32(4)25-15-9-8-10-16-26(25)35-7-2/h6,9-20H,1,7-8,21H2,2-5H3/b22-19+,31-27?. The lowest BCUT2D eigenvalue weighted by Gasteiger charge is -2.29. The number of allylic oxidation sites excluding steroid dienone is 5. The topological polar surface area (TPSA) is 53.9 Å². The van der Waals surface area contributed by atoms with E-state index in [-0.39, 0.29) is 0 Å². The molecular weight excluding hydrogens is 454 g/mol. The fourth-order valence-electron chi connectivity index (χ4n) is 3.64. The van der Waals surface area contributed by atoms with Gasteiger partial charge in [0.2, 0.25) is 5.90 Å². The van der Waals surface area contributed by atoms with E-state index in [9.17, 15) is 0 Å². The Morgan fingerprint density at radius 1 is 1.23 bits per heavy atom. The van der Waals surface area contributed by atoms with Gasteiger partial charge in [-0.15, -0.1) is 11.8 Å². The predicted molar refractivity (Wildman–Crippen MR) is 150 cm³/mol. The summed E-state index contributed by atoms with van der Waals surface area (Å²) < 4.78 is 5.23. The molecule has 0 radical (unpaired) electrons. The Bertz CT molecular complexity index is 1150. The molecule has 7 heteroatoms. The number of pyridine rings is 2. The molecule has 0 spiro atoms. The van der Waals surface area contributed by atoms with Gasteiger partial charge in [0.1, 0.15) is 5.82 Å². The number of rotatable bonds is 10. The largest absolute Gasteiger partial charge is 0.481 e. The minimum atomic E-state index is 0.457. The zero-order valence-corrected chi connectivity index (χ0v) is 21.7. The predicted octanol–water partition coefficient (Wildman–Crippen LogP) is 6.49. The SMILES string of the molecule is C=CC(=N/C=C(\C)N(Cc1cccnc1N(C)C1=C(SCC)C=CCC=C1)c1cccnc1)OC. The summed E-state index contributed by atoms with van der Waals surface area (Å²) in [5.41, 5.74) is 4.13. The van der Waals surface area contributed by atoms with Crippen molar-refractivity contribution in [1.29, 1.82) is 0 Å². The molecule has 2 aromatic rings. The van der Waals surface area contributed by atoms with Gasteiger partial charge in [0.05, 0.1) is 37.4 Å². The second kappa shape index (κ2) is 13.3. The van der Waals surface area contributed by atoms with Crippen LogP contribution in [0.3, 0.4) is 0 Å². The molecule has 0 unspecified atom stereocenters. The van der Waals surface area contributed by atoms with Crippen molar-refractivity contribution >= 4 is 29.2 Å². The van der Waals surface area contributed by atoms with Crippen LogP contribution in [0.2, 0.25) is 0 Å². The maximum atomic E-state index is 5.23. The summed E-state index contributed by atoms with van der Waals surface area (Å²) in [4.78, 5) is 19.1. The molecule has 0 saturated heterocycles. The quantitative estimate of drug-likeness (QED) is 0.282. The lowest BCUT2D eigenvalue weighted by atomic mass is 10.2. The molecule has 0 fully saturated rings. The molecule has 0 amide bonds. The van der Waals surface area contributed by atoms with E-state index in [1.165, 1.54) is 4.91 Å².